The fourth-order valence-corrected chi connectivity index (χ4v) is 1.87. The molecular formula is C10H15N3O. The zero-order chi connectivity index (χ0) is 10.1. The van der Waals surface area contributed by atoms with Gasteiger partial charge in [-0.2, -0.15) is 0 Å². The minimum atomic E-state index is 0.0438. The molecule has 2 rings (SSSR count). The van der Waals surface area contributed by atoms with Crippen molar-refractivity contribution in [1.29, 1.82) is 0 Å². The fraction of sp³-hybridized carbons (Fsp3) is 0.600. The molecule has 0 amide bonds. The van der Waals surface area contributed by atoms with Crippen molar-refractivity contribution in [3.63, 3.8) is 0 Å². The van der Waals surface area contributed by atoms with Crippen LogP contribution in [0, 0.1) is 5.92 Å². The SMILES string of the molecule is CC1CCn2c(nc(CN)cc2=O)C1. The highest BCUT2D eigenvalue weighted by Crippen LogP contribution is 2.16. The highest BCUT2D eigenvalue weighted by Gasteiger charge is 2.17. The molecule has 0 saturated heterocycles. The third-order valence-corrected chi connectivity index (χ3v) is 2.73. The predicted octanol–water partition coefficient (Wildman–Crippen LogP) is 0.284. The Hall–Kier alpha value is -1.16. The Morgan fingerprint density at radius 2 is 2.50 bits per heavy atom. The molecule has 0 radical (unpaired) electrons. The lowest BCUT2D eigenvalue weighted by Crippen LogP contribution is -2.31. The quantitative estimate of drug-likeness (QED) is 0.697. The van der Waals surface area contributed by atoms with Crippen LogP contribution in [0.3, 0.4) is 0 Å². The Morgan fingerprint density at radius 1 is 1.71 bits per heavy atom. The summed E-state index contributed by atoms with van der Waals surface area (Å²) in [5.41, 5.74) is 6.22. The zero-order valence-corrected chi connectivity index (χ0v) is 8.36. The Morgan fingerprint density at radius 3 is 3.21 bits per heavy atom. The van der Waals surface area contributed by atoms with E-state index in [4.69, 9.17) is 5.73 Å². The molecule has 4 nitrogen and oxygen atoms in total. The Kier molecular flexibility index (Phi) is 2.37. The summed E-state index contributed by atoms with van der Waals surface area (Å²) < 4.78 is 1.76. The summed E-state index contributed by atoms with van der Waals surface area (Å²) in [6.45, 7) is 3.33. The van der Waals surface area contributed by atoms with Crippen LogP contribution in [0.4, 0.5) is 0 Å². The smallest absolute Gasteiger partial charge is 0.253 e. The van der Waals surface area contributed by atoms with Crippen molar-refractivity contribution in [2.24, 2.45) is 11.7 Å². The van der Waals surface area contributed by atoms with Gasteiger partial charge in [0, 0.05) is 25.6 Å². The minimum Gasteiger partial charge on any atom is -0.325 e. The van der Waals surface area contributed by atoms with E-state index in [0.717, 1.165) is 25.2 Å². The first kappa shape index (κ1) is 9.40. The first-order chi connectivity index (χ1) is 6.70. The van der Waals surface area contributed by atoms with E-state index in [-0.39, 0.29) is 5.56 Å². The Labute approximate surface area is 82.8 Å². The standard InChI is InChI=1S/C10H15N3O/c1-7-2-3-13-9(4-7)12-8(6-11)5-10(13)14/h5,7H,2-4,6,11H2,1H3. The highest BCUT2D eigenvalue weighted by molar-refractivity contribution is 5.06. The maximum Gasteiger partial charge on any atom is 0.253 e. The van der Waals surface area contributed by atoms with Crippen LogP contribution in [0.15, 0.2) is 10.9 Å². The van der Waals surface area contributed by atoms with Gasteiger partial charge >= 0.3 is 0 Å². The average molecular weight is 193 g/mol. The molecule has 1 unspecified atom stereocenters. The fourth-order valence-electron chi connectivity index (χ4n) is 1.87. The topological polar surface area (TPSA) is 60.9 Å². The van der Waals surface area contributed by atoms with Crippen LogP contribution in [0.2, 0.25) is 0 Å². The van der Waals surface area contributed by atoms with E-state index >= 15 is 0 Å². The van der Waals surface area contributed by atoms with Crippen molar-refractivity contribution >= 4 is 0 Å². The van der Waals surface area contributed by atoms with Crippen molar-refractivity contribution in [2.45, 2.75) is 32.9 Å². The highest BCUT2D eigenvalue weighted by atomic mass is 16.1. The normalized spacial score (nSPS) is 20.6. The van der Waals surface area contributed by atoms with Gasteiger partial charge in [-0.3, -0.25) is 9.36 Å². The van der Waals surface area contributed by atoms with Gasteiger partial charge in [0.15, 0.2) is 0 Å². The maximum atomic E-state index is 11.6. The second kappa shape index (κ2) is 3.53. The lowest BCUT2D eigenvalue weighted by atomic mass is 10.00. The van der Waals surface area contributed by atoms with Gasteiger partial charge in [-0.25, -0.2) is 4.98 Å². The van der Waals surface area contributed by atoms with E-state index in [1.54, 1.807) is 10.6 Å². The molecule has 1 aliphatic heterocycles. The molecule has 0 spiro atoms. The average Bonchev–Trinajstić information content (AvgIpc) is 2.16. The van der Waals surface area contributed by atoms with Crippen LogP contribution in [-0.4, -0.2) is 9.55 Å². The number of hydrogen-bond donors (Lipinski definition) is 1. The number of fused-ring (bicyclic) bond motifs is 1. The van der Waals surface area contributed by atoms with Gasteiger partial charge in [0.05, 0.1) is 5.69 Å². The molecule has 1 aromatic rings. The third kappa shape index (κ3) is 1.57. The number of aromatic nitrogens is 2. The molecular weight excluding hydrogens is 178 g/mol. The van der Waals surface area contributed by atoms with Gasteiger partial charge in [0.25, 0.3) is 5.56 Å². The number of nitrogens with two attached hydrogens (primary N) is 1. The van der Waals surface area contributed by atoms with Crippen molar-refractivity contribution in [3.8, 4) is 0 Å². The summed E-state index contributed by atoms with van der Waals surface area (Å²) in [6.07, 6.45) is 1.96. The predicted molar refractivity (Wildman–Crippen MR) is 53.9 cm³/mol. The molecule has 1 aromatic heterocycles. The summed E-state index contributed by atoms with van der Waals surface area (Å²) >= 11 is 0. The van der Waals surface area contributed by atoms with E-state index in [1.807, 2.05) is 0 Å². The van der Waals surface area contributed by atoms with Crippen LogP contribution in [0.5, 0.6) is 0 Å². The molecule has 2 N–H and O–H groups in total. The molecule has 2 heterocycles. The van der Waals surface area contributed by atoms with Crippen LogP contribution < -0.4 is 11.3 Å². The monoisotopic (exact) mass is 193 g/mol. The van der Waals surface area contributed by atoms with Crippen molar-refractivity contribution in [2.75, 3.05) is 0 Å². The number of rotatable bonds is 1. The van der Waals surface area contributed by atoms with Crippen molar-refractivity contribution in [1.82, 2.24) is 9.55 Å². The third-order valence-electron chi connectivity index (χ3n) is 2.73. The Balaban J connectivity index is 2.49. The van der Waals surface area contributed by atoms with Crippen LogP contribution in [-0.2, 0) is 19.5 Å². The number of hydrogen-bond acceptors (Lipinski definition) is 3. The van der Waals surface area contributed by atoms with E-state index in [9.17, 15) is 4.79 Å². The van der Waals surface area contributed by atoms with Gasteiger partial charge in [-0.15, -0.1) is 0 Å². The molecule has 14 heavy (non-hydrogen) atoms. The van der Waals surface area contributed by atoms with Crippen molar-refractivity contribution < 1.29 is 0 Å². The summed E-state index contributed by atoms with van der Waals surface area (Å²) in [6, 6.07) is 1.54. The molecule has 4 heteroatoms. The molecule has 1 aliphatic rings. The molecule has 0 fully saturated rings. The Bertz CT molecular complexity index is 397. The second-order valence-corrected chi connectivity index (χ2v) is 3.96. The van der Waals surface area contributed by atoms with E-state index in [0.29, 0.717) is 18.2 Å². The summed E-state index contributed by atoms with van der Waals surface area (Å²) in [5, 5.41) is 0. The number of nitrogens with zero attached hydrogens (tertiary/aromatic N) is 2. The first-order valence-corrected chi connectivity index (χ1v) is 5.00. The molecule has 0 aromatic carbocycles. The van der Waals surface area contributed by atoms with Crippen LogP contribution in [0.25, 0.3) is 0 Å². The van der Waals surface area contributed by atoms with Gasteiger partial charge in [0.2, 0.25) is 0 Å². The van der Waals surface area contributed by atoms with Gasteiger partial charge in [-0.05, 0) is 12.3 Å². The second-order valence-electron chi connectivity index (χ2n) is 3.96. The lowest BCUT2D eigenvalue weighted by molar-refractivity contribution is 0.392. The van der Waals surface area contributed by atoms with E-state index in [1.165, 1.54) is 0 Å². The first-order valence-electron chi connectivity index (χ1n) is 5.00. The van der Waals surface area contributed by atoms with Crippen LogP contribution in [0.1, 0.15) is 24.9 Å². The summed E-state index contributed by atoms with van der Waals surface area (Å²) in [4.78, 5) is 16.0. The molecule has 0 aliphatic carbocycles. The van der Waals surface area contributed by atoms with Crippen molar-refractivity contribution in [3.05, 3.63) is 27.9 Å². The minimum absolute atomic E-state index is 0.0438. The summed E-state index contributed by atoms with van der Waals surface area (Å²) in [5.74, 6) is 1.52. The lowest BCUT2D eigenvalue weighted by Gasteiger charge is -2.22. The maximum absolute atomic E-state index is 11.6. The molecule has 1 atom stereocenters. The largest absolute Gasteiger partial charge is 0.325 e. The summed E-state index contributed by atoms with van der Waals surface area (Å²) in [7, 11) is 0. The molecule has 0 saturated carbocycles. The zero-order valence-electron chi connectivity index (χ0n) is 8.36. The molecule has 0 bridgehead atoms. The van der Waals surface area contributed by atoms with Gasteiger partial charge < -0.3 is 5.73 Å². The van der Waals surface area contributed by atoms with Crippen LogP contribution >= 0.6 is 0 Å². The van der Waals surface area contributed by atoms with Gasteiger partial charge in [-0.1, -0.05) is 6.92 Å². The van der Waals surface area contributed by atoms with E-state index in [2.05, 4.69) is 11.9 Å². The van der Waals surface area contributed by atoms with Gasteiger partial charge in [0.1, 0.15) is 5.82 Å². The van der Waals surface area contributed by atoms with E-state index < -0.39 is 0 Å². The molecule has 76 valence electrons.